The summed E-state index contributed by atoms with van der Waals surface area (Å²) in [6.07, 6.45) is 2.16. The van der Waals surface area contributed by atoms with E-state index in [4.69, 9.17) is 28.6 Å². The number of methoxy groups -OCH3 is 1. The number of halogens is 1. The summed E-state index contributed by atoms with van der Waals surface area (Å²) in [5.74, 6) is -0.00861. The second-order valence-corrected chi connectivity index (χ2v) is 5.82. The molecule has 0 spiro atoms. The first-order chi connectivity index (χ1) is 9.43. The highest BCUT2D eigenvalue weighted by Gasteiger charge is 2.25. The van der Waals surface area contributed by atoms with Crippen LogP contribution in [0.15, 0.2) is 12.3 Å². The normalized spacial score (nSPS) is 12.8. The maximum absolute atomic E-state index is 12.1. The summed E-state index contributed by atoms with van der Waals surface area (Å²) in [6.45, 7) is 4.08. The summed E-state index contributed by atoms with van der Waals surface area (Å²) in [5, 5.41) is 0.513. The lowest BCUT2D eigenvalue weighted by molar-refractivity contribution is -0.145. The van der Waals surface area contributed by atoms with E-state index in [-0.39, 0.29) is 5.97 Å². The average Bonchev–Trinajstić information content (AvgIpc) is 2.69. The van der Waals surface area contributed by atoms with Gasteiger partial charge in [-0.1, -0.05) is 25.4 Å². The summed E-state index contributed by atoms with van der Waals surface area (Å²) >= 11 is 11.2. The number of ether oxygens (including phenoxy) is 1. The molecule has 1 N–H and O–H groups in total. The first-order valence-corrected chi connectivity index (χ1v) is 7.06. The first kappa shape index (κ1) is 15.0. The van der Waals surface area contributed by atoms with Gasteiger partial charge in [-0.05, 0) is 30.6 Å². The zero-order valence-corrected chi connectivity index (χ0v) is 13.1. The molecule has 0 aliphatic rings. The van der Waals surface area contributed by atoms with Crippen molar-refractivity contribution in [2.24, 2.45) is 5.92 Å². The number of nitrogens with one attached hydrogen (secondary N) is 1. The van der Waals surface area contributed by atoms with Crippen LogP contribution in [0.25, 0.3) is 11.2 Å². The van der Waals surface area contributed by atoms with E-state index in [9.17, 15) is 4.79 Å². The Morgan fingerprint density at radius 2 is 2.30 bits per heavy atom. The molecule has 0 radical (unpaired) electrons. The highest BCUT2D eigenvalue weighted by molar-refractivity contribution is 7.71. The number of carbonyl (C=O) groups is 1. The Balaban J connectivity index is 2.61. The molecule has 0 amide bonds. The maximum atomic E-state index is 12.1. The number of esters is 1. The molecule has 0 aliphatic heterocycles. The Morgan fingerprint density at radius 3 is 2.90 bits per heavy atom. The predicted molar refractivity (Wildman–Crippen MR) is 80.4 cm³/mol. The molecular weight excluding hydrogens is 298 g/mol. The van der Waals surface area contributed by atoms with Crippen molar-refractivity contribution in [3.05, 3.63) is 22.1 Å². The number of nitrogens with zero attached hydrogens (tertiary/aromatic N) is 2. The summed E-state index contributed by atoms with van der Waals surface area (Å²) in [5.41, 5.74) is 1.32. The van der Waals surface area contributed by atoms with Crippen LogP contribution in [0.2, 0.25) is 5.02 Å². The van der Waals surface area contributed by atoms with Crippen LogP contribution in [-0.2, 0) is 9.53 Å². The molecule has 0 bridgehead atoms. The second kappa shape index (κ2) is 5.93. The van der Waals surface area contributed by atoms with Crippen molar-refractivity contribution in [1.29, 1.82) is 0 Å². The molecule has 0 fully saturated rings. The Bertz CT molecular complexity index is 692. The fraction of sp³-hybridized carbons (Fsp3) is 0.462. The topological polar surface area (TPSA) is 59.9 Å². The summed E-state index contributed by atoms with van der Waals surface area (Å²) in [7, 11) is 1.37. The number of pyridine rings is 1. The van der Waals surface area contributed by atoms with Crippen LogP contribution in [-0.4, -0.2) is 27.6 Å². The van der Waals surface area contributed by atoms with Gasteiger partial charge < -0.3 is 9.72 Å². The van der Waals surface area contributed by atoms with E-state index in [0.717, 1.165) is 0 Å². The van der Waals surface area contributed by atoms with E-state index in [1.165, 1.54) is 13.3 Å². The van der Waals surface area contributed by atoms with E-state index < -0.39 is 6.04 Å². The van der Waals surface area contributed by atoms with Gasteiger partial charge in [-0.15, -0.1) is 0 Å². The average molecular weight is 314 g/mol. The van der Waals surface area contributed by atoms with Crippen molar-refractivity contribution in [2.45, 2.75) is 26.3 Å². The van der Waals surface area contributed by atoms with Gasteiger partial charge >= 0.3 is 5.97 Å². The molecule has 0 aromatic carbocycles. The fourth-order valence-corrected chi connectivity index (χ4v) is 2.65. The fourth-order valence-electron chi connectivity index (χ4n) is 2.17. The van der Waals surface area contributed by atoms with Gasteiger partial charge in [0.15, 0.2) is 10.4 Å². The van der Waals surface area contributed by atoms with Gasteiger partial charge in [-0.2, -0.15) is 0 Å². The van der Waals surface area contributed by atoms with Gasteiger partial charge in [0.1, 0.15) is 6.04 Å². The van der Waals surface area contributed by atoms with Gasteiger partial charge in [0.25, 0.3) is 0 Å². The van der Waals surface area contributed by atoms with Gasteiger partial charge in [0.2, 0.25) is 0 Å². The number of rotatable bonds is 4. The number of hydrogen-bond donors (Lipinski definition) is 1. The Hall–Kier alpha value is -1.40. The molecule has 2 rings (SSSR count). The molecular formula is C13H16ClN3O2S. The molecule has 2 heterocycles. The SMILES string of the molecule is COC(=O)C(CC(C)C)n1c(=S)[nH]c2cc(Cl)cnc21. The minimum absolute atomic E-state index is 0.318. The third kappa shape index (κ3) is 2.86. The third-order valence-electron chi connectivity index (χ3n) is 3.00. The molecule has 5 nitrogen and oxygen atoms in total. The van der Waals surface area contributed by atoms with Crippen molar-refractivity contribution < 1.29 is 9.53 Å². The number of aromatic nitrogens is 3. The largest absolute Gasteiger partial charge is 0.467 e. The van der Waals surface area contributed by atoms with E-state index >= 15 is 0 Å². The molecule has 20 heavy (non-hydrogen) atoms. The third-order valence-corrected chi connectivity index (χ3v) is 3.51. The number of hydrogen-bond acceptors (Lipinski definition) is 4. The van der Waals surface area contributed by atoms with E-state index in [2.05, 4.69) is 9.97 Å². The molecule has 108 valence electrons. The number of imidazole rings is 1. The molecule has 1 atom stereocenters. The van der Waals surface area contributed by atoms with Crippen LogP contribution in [0, 0.1) is 10.7 Å². The minimum Gasteiger partial charge on any atom is -0.467 e. The van der Waals surface area contributed by atoms with Crippen molar-refractivity contribution >= 4 is 41.0 Å². The Morgan fingerprint density at radius 1 is 1.60 bits per heavy atom. The summed E-state index contributed by atoms with van der Waals surface area (Å²) in [6, 6.07) is 1.25. The highest BCUT2D eigenvalue weighted by atomic mass is 35.5. The lowest BCUT2D eigenvalue weighted by Gasteiger charge is -2.18. The predicted octanol–water partition coefficient (Wildman–Crippen LogP) is 3.51. The van der Waals surface area contributed by atoms with Crippen molar-refractivity contribution in [1.82, 2.24) is 14.5 Å². The number of fused-ring (bicyclic) bond motifs is 1. The van der Waals surface area contributed by atoms with Gasteiger partial charge in [0, 0.05) is 6.20 Å². The smallest absolute Gasteiger partial charge is 0.329 e. The first-order valence-electron chi connectivity index (χ1n) is 6.27. The number of aromatic amines is 1. The number of carbonyl (C=O) groups excluding carboxylic acids is 1. The van der Waals surface area contributed by atoms with Gasteiger partial charge in [-0.3, -0.25) is 4.57 Å². The molecule has 0 saturated carbocycles. The van der Waals surface area contributed by atoms with Crippen LogP contribution in [0.1, 0.15) is 26.3 Å². The molecule has 1 unspecified atom stereocenters. The second-order valence-electron chi connectivity index (χ2n) is 4.99. The lowest BCUT2D eigenvalue weighted by atomic mass is 10.0. The van der Waals surface area contributed by atoms with Crippen molar-refractivity contribution in [3.8, 4) is 0 Å². The highest BCUT2D eigenvalue weighted by Crippen LogP contribution is 2.25. The van der Waals surface area contributed by atoms with Crippen LogP contribution >= 0.6 is 23.8 Å². The number of H-pyrrole nitrogens is 1. The molecule has 7 heteroatoms. The van der Waals surface area contributed by atoms with Crippen molar-refractivity contribution in [3.63, 3.8) is 0 Å². The van der Waals surface area contributed by atoms with E-state index in [0.29, 0.717) is 33.3 Å². The van der Waals surface area contributed by atoms with Gasteiger partial charge in [0.05, 0.1) is 17.6 Å². The monoisotopic (exact) mass is 313 g/mol. The lowest BCUT2D eigenvalue weighted by Crippen LogP contribution is -2.23. The van der Waals surface area contributed by atoms with Crippen LogP contribution in [0.5, 0.6) is 0 Å². The van der Waals surface area contributed by atoms with Crippen LogP contribution in [0.4, 0.5) is 0 Å². The Labute approximate surface area is 126 Å². The minimum atomic E-state index is -0.491. The molecule has 0 aliphatic carbocycles. The van der Waals surface area contributed by atoms with Crippen LogP contribution < -0.4 is 0 Å². The summed E-state index contributed by atoms with van der Waals surface area (Å²) in [4.78, 5) is 19.3. The standard InChI is InChI=1S/C13H16ClN3O2S/c1-7(2)4-10(12(18)19-3)17-11-9(16-13(17)20)5-8(14)6-15-11/h5-7,10H,4H2,1-3H3,(H,16,20). The zero-order valence-electron chi connectivity index (χ0n) is 11.5. The Kier molecular flexibility index (Phi) is 4.45. The van der Waals surface area contributed by atoms with E-state index in [1.54, 1.807) is 10.6 Å². The molecule has 2 aromatic heterocycles. The zero-order chi connectivity index (χ0) is 14.9. The van der Waals surface area contributed by atoms with Crippen molar-refractivity contribution in [2.75, 3.05) is 7.11 Å². The van der Waals surface area contributed by atoms with E-state index in [1.807, 2.05) is 13.8 Å². The van der Waals surface area contributed by atoms with Crippen LogP contribution in [0.3, 0.4) is 0 Å². The quantitative estimate of drug-likeness (QED) is 0.693. The van der Waals surface area contributed by atoms with Gasteiger partial charge in [-0.25, -0.2) is 9.78 Å². The summed E-state index contributed by atoms with van der Waals surface area (Å²) < 4.78 is 7.03. The molecule has 0 saturated heterocycles. The molecule has 2 aromatic rings. The maximum Gasteiger partial charge on any atom is 0.329 e.